The van der Waals surface area contributed by atoms with Gasteiger partial charge in [-0.25, -0.2) is 13.6 Å². The third-order valence-corrected chi connectivity index (χ3v) is 3.91. The summed E-state index contributed by atoms with van der Waals surface area (Å²) < 4.78 is 22.3. The molecule has 4 nitrogen and oxygen atoms in total. The number of hydrogen-bond acceptors (Lipinski definition) is 3. The second kappa shape index (κ2) is 6.07. The minimum atomic E-state index is -3.62. The van der Waals surface area contributed by atoms with E-state index in [0.29, 0.717) is 0 Å². The highest BCUT2D eigenvalue weighted by atomic mass is 32.2. The van der Waals surface area contributed by atoms with Gasteiger partial charge in [-0.1, -0.05) is 30.3 Å². The Morgan fingerprint density at radius 3 is 2.20 bits per heavy atom. The van der Waals surface area contributed by atoms with E-state index in [-0.39, 0.29) is 10.9 Å². The fraction of sp³-hybridized carbons (Fsp3) is 0.200. The van der Waals surface area contributed by atoms with Crippen molar-refractivity contribution in [3.63, 3.8) is 0 Å². The summed E-state index contributed by atoms with van der Waals surface area (Å²) in [4.78, 5) is 0.124. The maximum Gasteiger partial charge on any atom is 0.238 e. The van der Waals surface area contributed by atoms with Crippen molar-refractivity contribution in [2.24, 2.45) is 5.14 Å². The van der Waals surface area contributed by atoms with Crippen molar-refractivity contribution in [3.05, 3.63) is 60.2 Å². The number of sulfonamides is 1. The monoisotopic (exact) mass is 290 g/mol. The Morgan fingerprint density at radius 1 is 1.05 bits per heavy atom. The summed E-state index contributed by atoms with van der Waals surface area (Å²) in [5.74, 6) is 0. The van der Waals surface area contributed by atoms with Crippen molar-refractivity contribution in [3.8, 4) is 0 Å². The molecule has 20 heavy (non-hydrogen) atoms. The molecule has 2 aromatic carbocycles. The van der Waals surface area contributed by atoms with Gasteiger partial charge in [0.15, 0.2) is 0 Å². The fourth-order valence-electron chi connectivity index (χ4n) is 2.04. The Morgan fingerprint density at radius 2 is 1.65 bits per heavy atom. The molecule has 1 unspecified atom stereocenters. The van der Waals surface area contributed by atoms with E-state index in [0.717, 1.165) is 12.1 Å². The van der Waals surface area contributed by atoms with E-state index in [1.54, 1.807) is 12.1 Å². The van der Waals surface area contributed by atoms with Gasteiger partial charge < -0.3 is 5.32 Å². The van der Waals surface area contributed by atoms with Crippen LogP contribution in [-0.4, -0.2) is 14.5 Å². The number of hydrogen-bond donors (Lipinski definition) is 2. The minimum Gasteiger partial charge on any atom is -0.382 e. The summed E-state index contributed by atoms with van der Waals surface area (Å²) in [5.41, 5.74) is 2.13. The van der Waals surface area contributed by atoms with Crippen LogP contribution in [-0.2, 0) is 16.4 Å². The first-order valence-corrected chi connectivity index (χ1v) is 7.93. The molecule has 0 aliphatic heterocycles. The van der Waals surface area contributed by atoms with Crippen molar-refractivity contribution in [2.75, 3.05) is 5.32 Å². The average Bonchev–Trinajstić information content (AvgIpc) is 2.39. The Hall–Kier alpha value is -1.85. The highest BCUT2D eigenvalue weighted by molar-refractivity contribution is 7.89. The lowest BCUT2D eigenvalue weighted by molar-refractivity contribution is 0.598. The fourth-order valence-corrected chi connectivity index (χ4v) is 2.56. The van der Waals surface area contributed by atoms with E-state index in [1.807, 2.05) is 18.2 Å². The molecule has 0 spiro atoms. The molecule has 0 saturated heterocycles. The van der Waals surface area contributed by atoms with Gasteiger partial charge in [0.2, 0.25) is 10.0 Å². The molecule has 0 aliphatic rings. The van der Waals surface area contributed by atoms with Crippen molar-refractivity contribution in [1.82, 2.24) is 0 Å². The summed E-state index contributed by atoms with van der Waals surface area (Å²) in [5, 5.41) is 8.40. The van der Waals surface area contributed by atoms with E-state index in [2.05, 4.69) is 24.4 Å². The first-order chi connectivity index (χ1) is 9.45. The van der Waals surface area contributed by atoms with Crippen LogP contribution in [0.3, 0.4) is 0 Å². The van der Waals surface area contributed by atoms with Crippen LogP contribution in [0.15, 0.2) is 59.5 Å². The Balaban J connectivity index is 2.00. The summed E-state index contributed by atoms with van der Waals surface area (Å²) in [7, 11) is -3.62. The van der Waals surface area contributed by atoms with Gasteiger partial charge in [-0.3, -0.25) is 0 Å². The van der Waals surface area contributed by atoms with E-state index in [1.165, 1.54) is 17.7 Å². The van der Waals surface area contributed by atoms with Gasteiger partial charge in [-0.05, 0) is 43.2 Å². The molecular weight excluding hydrogens is 272 g/mol. The number of anilines is 1. The predicted octanol–water partition coefficient (Wildman–Crippen LogP) is 2.38. The molecule has 5 heteroatoms. The van der Waals surface area contributed by atoms with E-state index in [4.69, 9.17) is 5.14 Å². The largest absolute Gasteiger partial charge is 0.382 e. The normalized spacial score (nSPS) is 12.9. The highest BCUT2D eigenvalue weighted by Gasteiger charge is 2.08. The zero-order valence-corrected chi connectivity index (χ0v) is 12.1. The van der Waals surface area contributed by atoms with Crippen molar-refractivity contribution in [1.29, 1.82) is 0 Å². The highest BCUT2D eigenvalue weighted by Crippen LogP contribution is 2.15. The first-order valence-electron chi connectivity index (χ1n) is 6.38. The Labute approximate surface area is 119 Å². The topological polar surface area (TPSA) is 72.2 Å². The minimum absolute atomic E-state index is 0.124. The zero-order valence-electron chi connectivity index (χ0n) is 11.3. The Kier molecular flexibility index (Phi) is 4.42. The number of nitrogens with one attached hydrogen (secondary N) is 1. The van der Waals surface area contributed by atoms with Gasteiger partial charge >= 0.3 is 0 Å². The standard InChI is InChI=1S/C15H18N2O2S/c1-12(11-13-5-3-2-4-6-13)17-14-7-9-15(10-8-14)20(16,18)19/h2-10,12,17H,11H2,1H3,(H2,16,18,19). The molecule has 3 N–H and O–H groups in total. The molecule has 2 aromatic rings. The van der Waals surface area contributed by atoms with Crippen LogP contribution in [0.2, 0.25) is 0 Å². The zero-order chi connectivity index (χ0) is 14.6. The third-order valence-electron chi connectivity index (χ3n) is 2.98. The van der Waals surface area contributed by atoms with Gasteiger partial charge in [0.05, 0.1) is 4.90 Å². The second-order valence-electron chi connectivity index (χ2n) is 4.80. The number of nitrogens with two attached hydrogens (primary N) is 1. The lowest BCUT2D eigenvalue weighted by atomic mass is 10.1. The smallest absolute Gasteiger partial charge is 0.238 e. The van der Waals surface area contributed by atoms with Crippen molar-refractivity contribution in [2.45, 2.75) is 24.3 Å². The van der Waals surface area contributed by atoms with Crippen molar-refractivity contribution >= 4 is 15.7 Å². The SMILES string of the molecule is CC(Cc1ccccc1)Nc1ccc(S(N)(=O)=O)cc1. The van der Waals surface area contributed by atoms with E-state index >= 15 is 0 Å². The van der Waals surface area contributed by atoms with Gasteiger partial charge in [0.1, 0.15) is 0 Å². The molecule has 0 saturated carbocycles. The predicted molar refractivity (Wildman–Crippen MR) is 81.0 cm³/mol. The molecule has 1 atom stereocenters. The summed E-state index contributed by atoms with van der Waals surface area (Å²) in [6.07, 6.45) is 0.901. The second-order valence-corrected chi connectivity index (χ2v) is 6.37. The maximum atomic E-state index is 11.2. The van der Waals surface area contributed by atoms with Crippen LogP contribution >= 0.6 is 0 Å². The number of primary sulfonamides is 1. The summed E-state index contributed by atoms with van der Waals surface area (Å²) in [6.45, 7) is 2.08. The van der Waals surface area contributed by atoms with Crippen LogP contribution in [0, 0.1) is 0 Å². The van der Waals surface area contributed by atoms with Crippen LogP contribution in [0.5, 0.6) is 0 Å². The molecular formula is C15H18N2O2S. The van der Waals surface area contributed by atoms with E-state index in [9.17, 15) is 8.42 Å². The molecule has 0 bridgehead atoms. The molecule has 0 aromatic heterocycles. The Bertz CT molecular complexity index is 652. The van der Waals surface area contributed by atoms with Gasteiger partial charge in [-0.15, -0.1) is 0 Å². The summed E-state index contributed by atoms with van der Waals surface area (Å²) >= 11 is 0. The number of rotatable bonds is 5. The van der Waals surface area contributed by atoms with Gasteiger partial charge in [0, 0.05) is 11.7 Å². The first kappa shape index (κ1) is 14.6. The van der Waals surface area contributed by atoms with Crippen molar-refractivity contribution < 1.29 is 8.42 Å². The average molecular weight is 290 g/mol. The number of benzene rings is 2. The molecule has 0 heterocycles. The lowest BCUT2D eigenvalue weighted by Gasteiger charge is -2.15. The molecule has 0 aliphatic carbocycles. The lowest BCUT2D eigenvalue weighted by Crippen LogP contribution is -2.18. The molecule has 0 fully saturated rings. The quantitative estimate of drug-likeness (QED) is 0.888. The molecule has 0 amide bonds. The molecule has 2 rings (SSSR count). The summed E-state index contributed by atoms with van der Waals surface area (Å²) in [6, 6.07) is 16.9. The van der Waals surface area contributed by atoms with Crippen LogP contribution in [0.1, 0.15) is 12.5 Å². The van der Waals surface area contributed by atoms with Gasteiger partial charge in [-0.2, -0.15) is 0 Å². The van der Waals surface area contributed by atoms with Crippen LogP contribution in [0.25, 0.3) is 0 Å². The van der Waals surface area contributed by atoms with Gasteiger partial charge in [0.25, 0.3) is 0 Å². The third kappa shape index (κ3) is 4.08. The van der Waals surface area contributed by atoms with Crippen LogP contribution in [0.4, 0.5) is 5.69 Å². The maximum absolute atomic E-state index is 11.2. The van der Waals surface area contributed by atoms with Crippen LogP contribution < -0.4 is 10.5 Å². The van der Waals surface area contributed by atoms with E-state index < -0.39 is 10.0 Å². The molecule has 106 valence electrons. The molecule has 0 radical (unpaired) electrons.